The van der Waals surface area contributed by atoms with Crippen LogP contribution in [-0.2, 0) is 6.42 Å². The predicted octanol–water partition coefficient (Wildman–Crippen LogP) is 2.41. The number of aromatic nitrogens is 1. The van der Waals surface area contributed by atoms with Crippen LogP contribution in [0.25, 0.3) is 0 Å². The summed E-state index contributed by atoms with van der Waals surface area (Å²) >= 11 is 0. The summed E-state index contributed by atoms with van der Waals surface area (Å²) in [6, 6.07) is 2.68. The second-order valence-corrected chi connectivity index (χ2v) is 3.89. The first-order valence-corrected chi connectivity index (χ1v) is 6.04. The number of aryl methyl sites for hydroxylation is 1. The number of nitrogens with one attached hydrogen (secondary N) is 1. The van der Waals surface area contributed by atoms with Gasteiger partial charge in [-0.05, 0) is 44.9 Å². The van der Waals surface area contributed by atoms with Crippen molar-refractivity contribution in [3.8, 4) is 5.75 Å². The molecule has 1 aromatic rings. The Morgan fingerprint density at radius 1 is 1.38 bits per heavy atom. The van der Waals surface area contributed by atoms with Crippen LogP contribution in [0.5, 0.6) is 5.75 Å². The number of hydrogen-bond acceptors (Lipinski definition) is 3. The SMILES string of the molecule is CCOc1cncc(CCC(CC)NC)c1. The molecule has 0 radical (unpaired) electrons. The van der Waals surface area contributed by atoms with Gasteiger partial charge in [0, 0.05) is 12.2 Å². The van der Waals surface area contributed by atoms with Crippen molar-refractivity contribution >= 4 is 0 Å². The minimum atomic E-state index is 0.593. The van der Waals surface area contributed by atoms with Gasteiger partial charge in [-0.25, -0.2) is 0 Å². The summed E-state index contributed by atoms with van der Waals surface area (Å²) in [5, 5.41) is 3.31. The lowest BCUT2D eigenvalue weighted by atomic mass is 10.1. The molecule has 1 aromatic heterocycles. The molecule has 0 amide bonds. The topological polar surface area (TPSA) is 34.1 Å². The fourth-order valence-electron chi connectivity index (χ4n) is 1.74. The van der Waals surface area contributed by atoms with Gasteiger partial charge in [0.25, 0.3) is 0 Å². The number of hydrogen-bond donors (Lipinski definition) is 1. The van der Waals surface area contributed by atoms with Gasteiger partial charge in [-0.2, -0.15) is 0 Å². The van der Waals surface area contributed by atoms with E-state index in [2.05, 4.69) is 23.3 Å². The molecule has 0 aromatic carbocycles. The maximum atomic E-state index is 5.43. The fourth-order valence-corrected chi connectivity index (χ4v) is 1.74. The Hall–Kier alpha value is -1.09. The Morgan fingerprint density at radius 3 is 2.81 bits per heavy atom. The van der Waals surface area contributed by atoms with Crippen molar-refractivity contribution in [1.29, 1.82) is 0 Å². The molecule has 1 heterocycles. The van der Waals surface area contributed by atoms with Gasteiger partial charge in [0.05, 0.1) is 12.8 Å². The highest BCUT2D eigenvalue weighted by atomic mass is 16.5. The minimum Gasteiger partial charge on any atom is -0.492 e. The maximum Gasteiger partial charge on any atom is 0.137 e. The third-order valence-electron chi connectivity index (χ3n) is 2.76. The lowest BCUT2D eigenvalue weighted by molar-refractivity contribution is 0.338. The number of pyridine rings is 1. The minimum absolute atomic E-state index is 0.593. The van der Waals surface area contributed by atoms with E-state index in [1.807, 2.05) is 20.2 Å². The van der Waals surface area contributed by atoms with Gasteiger partial charge >= 0.3 is 0 Å². The van der Waals surface area contributed by atoms with Crippen molar-refractivity contribution in [3.05, 3.63) is 24.0 Å². The Kier molecular flexibility index (Phi) is 5.86. The Bertz CT molecular complexity index is 298. The molecule has 1 atom stereocenters. The van der Waals surface area contributed by atoms with E-state index in [9.17, 15) is 0 Å². The zero-order valence-electron chi connectivity index (χ0n) is 10.5. The highest BCUT2D eigenvalue weighted by Crippen LogP contribution is 2.13. The summed E-state index contributed by atoms with van der Waals surface area (Å²) in [6.45, 7) is 4.88. The van der Waals surface area contributed by atoms with E-state index in [0.29, 0.717) is 12.6 Å². The number of ether oxygens (including phenoxy) is 1. The third kappa shape index (κ3) is 4.19. The molecule has 0 saturated heterocycles. The van der Waals surface area contributed by atoms with Crippen LogP contribution in [0, 0.1) is 0 Å². The van der Waals surface area contributed by atoms with Gasteiger partial charge < -0.3 is 10.1 Å². The van der Waals surface area contributed by atoms with Crippen LogP contribution in [0.2, 0.25) is 0 Å². The zero-order valence-corrected chi connectivity index (χ0v) is 10.5. The summed E-state index contributed by atoms with van der Waals surface area (Å²) in [6.07, 6.45) is 7.04. The average molecular weight is 222 g/mol. The monoisotopic (exact) mass is 222 g/mol. The smallest absolute Gasteiger partial charge is 0.137 e. The predicted molar refractivity (Wildman–Crippen MR) is 66.9 cm³/mol. The molecule has 0 fully saturated rings. The van der Waals surface area contributed by atoms with Gasteiger partial charge in [0.1, 0.15) is 5.75 Å². The van der Waals surface area contributed by atoms with Crippen molar-refractivity contribution < 1.29 is 4.74 Å². The van der Waals surface area contributed by atoms with Gasteiger partial charge in [0.2, 0.25) is 0 Å². The molecule has 0 bridgehead atoms. The summed E-state index contributed by atoms with van der Waals surface area (Å²) in [7, 11) is 2.02. The molecule has 1 rings (SSSR count). The number of rotatable bonds is 7. The van der Waals surface area contributed by atoms with Crippen molar-refractivity contribution in [1.82, 2.24) is 10.3 Å². The van der Waals surface area contributed by atoms with E-state index in [1.54, 1.807) is 6.20 Å². The maximum absolute atomic E-state index is 5.43. The van der Waals surface area contributed by atoms with Gasteiger partial charge in [-0.1, -0.05) is 6.92 Å². The zero-order chi connectivity index (χ0) is 11.8. The average Bonchev–Trinajstić information content (AvgIpc) is 2.31. The summed E-state index contributed by atoms with van der Waals surface area (Å²) in [4.78, 5) is 4.19. The van der Waals surface area contributed by atoms with Crippen LogP contribution in [0.1, 0.15) is 32.3 Å². The molecule has 0 aliphatic carbocycles. The lowest BCUT2D eigenvalue weighted by Crippen LogP contribution is -2.24. The molecular formula is C13H22N2O. The standard InChI is InChI=1S/C13H22N2O/c1-4-12(14-3)7-6-11-8-13(16-5-2)10-15-9-11/h8-10,12,14H,4-7H2,1-3H3. The van der Waals surface area contributed by atoms with E-state index in [-0.39, 0.29) is 0 Å². The van der Waals surface area contributed by atoms with Crippen LogP contribution in [0.15, 0.2) is 18.5 Å². The van der Waals surface area contributed by atoms with Crippen molar-refractivity contribution in [2.75, 3.05) is 13.7 Å². The van der Waals surface area contributed by atoms with Crippen LogP contribution < -0.4 is 10.1 Å². The fraction of sp³-hybridized carbons (Fsp3) is 0.615. The molecular weight excluding hydrogens is 200 g/mol. The molecule has 1 unspecified atom stereocenters. The molecule has 90 valence electrons. The van der Waals surface area contributed by atoms with E-state index >= 15 is 0 Å². The molecule has 0 aliphatic heterocycles. The van der Waals surface area contributed by atoms with Crippen LogP contribution in [0.4, 0.5) is 0 Å². The molecule has 0 saturated carbocycles. The quantitative estimate of drug-likeness (QED) is 0.769. The van der Waals surface area contributed by atoms with Crippen LogP contribution in [-0.4, -0.2) is 24.7 Å². The normalized spacial score (nSPS) is 12.4. The lowest BCUT2D eigenvalue weighted by Gasteiger charge is -2.13. The van der Waals surface area contributed by atoms with Gasteiger partial charge in [-0.15, -0.1) is 0 Å². The Morgan fingerprint density at radius 2 is 2.19 bits per heavy atom. The Balaban J connectivity index is 2.49. The second kappa shape index (κ2) is 7.23. The molecule has 16 heavy (non-hydrogen) atoms. The van der Waals surface area contributed by atoms with E-state index in [1.165, 1.54) is 5.56 Å². The van der Waals surface area contributed by atoms with Gasteiger partial charge in [0.15, 0.2) is 0 Å². The van der Waals surface area contributed by atoms with Crippen LogP contribution in [0.3, 0.4) is 0 Å². The molecule has 0 spiro atoms. The van der Waals surface area contributed by atoms with Crippen molar-refractivity contribution in [2.24, 2.45) is 0 Å². The van der Waals surface area contributed by atoms with E-state index in [0.717, 1.165) is 25.0 Å². The summed E-state index contributed by atoms with van der Waals surface area (Å²) in [5.41, 5.74) is 1.25. The summed E-state index contributed by atoms with van der Waals surface area (Å²) in [5.74, 6) is 0.873. The van der Waals surface area contributed by atoms with Gasteiger partial charge in [-0.3, -0.25) is 4.98 Å². The highest BCUT2D eigenvalue weighted by Gasteiger charge is 2.04. The molecule has 0 aliphatic rings. The highest BCUT2D eigenvalue weighted by molar-refractivity contribution is 5.23. The first kappa shape index (κ1) is 13.0. The molecule has 1 N–H and O–H groups in total. The first-order chi connectivity index (χ1) is 7.80. The van der Waals surface area contributed by atoms with Crippen LogP contribution >= 0.6 is 0 Å². The van der Waals surface area contributed by atoms with Crippen molar-refractivity contribution in [2.45, 2.75) is 39.2 Å². The van der Waals surface area contributed by atoms with Crippen molar-refractivity contribution in [3.63, 3.8) is 0 Å². The number of nitrogens with zero attached hydrogens (tertiary/aromatic N) is 1. The Labute approximate surface area is 98.2 Å². The first-order valence-electron chi connectivity index (χ1n) is 6.04. The largest absolute Gasteiger partial charge is 0.492 e. The summed E-state index contributed by atoms with van der Waals surface area (Å²) < 4.78 is 5.43. The second-order valence-electron chi connectivity index (χ2n) is 3.89. The molecule has 3 heteroatoms. The molecule has 3 nitrogen and oxygen atoms in total. The van der Waals surface area contributed by atoms with E-state index in [4.69, 9.17) is 4.74 Å². The van der Waals surface area contributed by atoms with E-state index < -0.39 is 0 Å². The third-order valence-corrected chi connectivity index (χ3v) is 2.76.